The molecular formula is C12H17NO2. The van der Waals surface area contributed by atoms with E-state index in [4.69, 9.17) is 5.11 Å². The van der Waals surface area contributed by atoms with Crippen molar-refractivity contribution >= 4 is 5.97 Å². The van der Waals surface area contributed by atoms with Gasteiger partial charge in [-0.15, -0.1) is 0 Å². The molecule has 0 amide bonds. The fourth-order valence-electron chi connectivity index (χ4n) is 1.38. The Hall–Kier alpha value is -1.35. The zero-order valence-corrected chi connectivity index (χ0v) is 9.16. The van der Waals surface area contributed by atoms with Crippen LogP contribution in [0.5, 0.6) is 0 Å². The van der Waals surface area contributed by atoms with E-state index in [2.05, 4.69) is 5.32 Å². The number of hydrogen-bond acceptors (Lipinski definition) is 2. The van der Waals surface area contributed by atoms with E-state index in [1.807, 2.05) is 44.2 Å². The van der Waals surface area contributed by atoms with Crippen molar-refractivity contribution in [3.05, 3.63) is 35.9 Å². The number of rotatable bonds is 5. The lowest BCUT2D eigenvalue weighted by Gasteiger charge is -2.24. The number of benzene rings is 1. The van der Waals surface area contributed by atoms with Gasteiger partial charge in [-0.05, 0) is 19.4 Å². The van der Waals surface area contributed by atoms with Gasteiger partial charge in [-0.3, -0.25) is 4.79 Å². The van der Waals surface area contributed by atoms with Gasteiger partial charge in [0.15, 0.2) is 0 Å². The van der Waals surface area contributed by atoms with E-state index in [-0.39, 0.29) is 12.0 Å². The third-order valence-corrected chi connectivity index (χ3v) is 2.21. The van der Waals surface area contributed by atoms with Gasteiger partial charge in [0.05, 0.1) is 6.42 Å². The molecule has 3 heteroatoms. The molecular weight excluding hydrogens is 190 g/mol. The maximum absolute atomic E-state index is 10.6. The molecule has 0 atom stereocenters. The second-order valence-corrected chi connectivity index (χ2v) is 4.29. The molecule has 0 saturated carbocycles. The molecule has 0 aliphatic heterocycles. The maximum atomic E-state index is 10.6. The number of nitrogens with one attached hydrogen (secondary N) is 1. The summed E-state index contributed by atoms with van der Waals surface area (Å²) in [4.78, 5) is 10.6. The third-order valence-electron chi connectivity index (χ3n) is 2.21. The predicted molar refractivity (Wildman–Crippen MR) is 59.6 cm³/mol. The highest BCUT2D eigenvalue weighted by Crippen LogP contribution is 2.09. The first-order valence-electron chi connectivity index (χ1n) is 5.00. The SMILES string of the molecule is CC(C)(CC(=O)O)NCc1ccccc1. The van der Waals surface area contributed by atoms with Crippen molar-refractivity contribution in [1.29, 1.82) is 0 Å². The Morgan fingerprint density at radius 3 is 2.47 bits per heavy atom. The van der Waals surface area contributed by atoms with Gasteiger partial charge >= 0.3 is 5.97 Å². The Morgan fingerprint density at radius 1 is 1.33 bits per heavy atom. The molecule has 0 fully saturated rings. The minimum absolute atomic E-state index is 0.125. The summed E-state index contributed by atoms with van der Waals surface area (Å²) in [6, 6.07) is 9.95. The van der Waals surface area contributed by atoms with E-state index >= 15 is 0 Å². The highest BCUT2D eigenvalue weighted by Gasteiger charge is 2.20. The zero-order valence-electron chi connectivity index (χ0n) is 9.16. The van der Waals surface area contributed by atoms with Gasteiger partial charge in [-0.1, -0.05) is 30.3 Å². The number of carboxylic acids is 1. The summed E-state index contributed by atoms with van der Waals surface area (Å²) < 4.78 is 0. The molecule has 2 N–H and O–H groups in total. The largest absolute Gasteiger partial charge is 0.481 e. The van der Waals surface area contributed by atoms with E-state index in [9.17, 15) is 4.79 Å². The summed E-state index contributed by atoms with van der Waals surface area (Å²) in [7, 11) is 0. The van der Waals surface area contributed by atoms with Crippen molar-refractivity contribution in [2.75, 3.05) is 0 Å². The second-order valence-electron chi connectivity index (χ2n) is 4.29. The van der Waals surface area contributed by atoms with Gasteiger partial charge in [0.25, 0.3) is 0 Å². The van der Waals surface area contributed by atoms with Gasteiger partial charge in [0, 0.05) is 12.1 Å². The lowest BCUT2D eigenvalue weighted by atomic mass is 10.0. The summed E-state index contributed by atoms with van der Waals surface area (Å²) in [6.07, 6.45) is 0.125. The first-order valence-corrected chi connectivity index (χ1v) is 5.00. The van der Waals surface area contributed by atoms with Gasteiger partial charge in [0.2, 0.25) is 0 Å². The van der Waals surface area contributed by atoms with Crippen LogP contribution in [-0.2, 0) is 11.3 Å². The number of aliphatic carboxylic acids is 1. The second kappa shape index (κ2) is 4.94. The fraction of sp³-hybridized carbons (Fsp3) is 0.417. The molecule has 0 saturated heterocycles. The van der Waals surface area contributed by atoms with Crippen molar-refractivity contribution in [1.82, 2.24) is 5.32 Å². The molecule has 1 rings (SSSR count). The Kier molecular flexibility index (Phi) is 3.86. The molecule has 0 radical (unpaired) electrons. The lowest BCUT2D eigenvalue weighted by molar-refractivity contribution is -0.138. The van der Waals surface area contributed by atoms with Crippen LogP contribution in [0, 0.1) is 0 Å². The zero-order chi connectivity index (χ0) is 11.3. The van der Waals surface area contributed by atoms with Crippen LogP contribution in [0.15, 0.2) is 30.3 Å². The first-order chi connectivity index (χ1) is 6.99. The van der Waals surface area contributed by atoms with E-state index in [1.165, 1.54) is 0 Å². The quantitative estimate of drug-likeness (QED) is 0.776. The van der Waals surface area contributed by atoms with Crippen LogP contribution >= 0.6 is 0 Å². The minimum Gasteiger partial charge on any atom is -0.481 e. The Balaban J connectivity index is 2.46. The molecule has 1 aromatic carbocycles. The summed E-state index contributed by atoms with van der Waals surface area (Å²) in [5, 5.41) is 11.9. The van der Waals surface area contributed by atoms with Gasteiger partial charge in [0.1, 0.15) is 0 Å². The molecule has 82 valence electrons. The summed E-state index contributed by atoms with van der Waals surface area (Å²) in [5.41, 5.74) is 0.790. The van der Waals surface area contributed by atoms with Gasteiger partial charge in [-0.25, -0.2) is 0 Å². The third kappa shape index (κ3) is 4.61. The van der Waals surface area contributed by atoms with Gasteiger partial charge < -0.3 is 10.4 Å². The van der Waals surface area contributed by atoms with Crippen LogP contribution < -0.4 is 5.32 Å². The van der Waals surface area contributed by atoms with Crippen molar-refractivity contribution < 1.29 is 9.90 Å². The molecule has 0 aliphatic rings. The Bertz CT molecular complexity index is 320. The van der Waals surface area contributed by atoms with E-state index in [0.717, 1.165) is 5.56 Å². The van der Waals surface area contributed by atoms with E-state index < -0.39 is 5.97 Å². The van der Waals surface area contributed by atoms with Crippen molar-refractivity contribution in [2.45, 2.75) is 32.4 Å². The van der Waals surface area contributed by atoms with Crippen molar-refractivity contribution in [3.8, 4) is 0 Å². The fourth-order valence-corrected chi connectivity index (χ4v) is 1.38. The average molecular weight is 207 g/mol. The standard InChI is InChI=1S/C12H17NO2/c1-12(2,8-11(14)15)13-9-10-6-4-3-5-7-10/h3-7,13H,8-9H2,1-2H3,(H,14,15). The van der Waals surface area contributed by atoms with Crippen LogP contribution in [-0.4, -0.2) is 16.6 Å². The topological polar surface area (TPSA) is 49.3 Å². The average Bonchev–Trinajstić information content (AvgIpc) is 2.15. The number of carbonyl (C=O) groups is 1. The van der Waals surface area contributed by atoms with E-state index in [0.29, 0.717) is 6.54 Å². The van der Waals surface area contributed by atoms with Crippen LogP contribution in [0.3, 0.4) is 0 Å². The predicted octanol–water partition coefficient (Wildman–Crippen LogP) is 2.03. The maximum Gasteiger partial charge on any atom is 0.305 e. The van der Waals surface area contributed by atoms with Crippen LogP contribution in [0.4, 0.5) is 0 Å². The minimum atomic E-state index is -0.777. The summed E-state index contributed by atoms with van der Waals surface area (Å²) >= 11 is 0. The van der Waals surface area contributed by atoms with Crippen molar-refractivity contribution in [2.24, 2.45) is 0 Å². The highest BCUT2D eigenvalue weighted by molar-refractivity contribution is 5.68. The summed E-state index contributed by atoms with van der Waals surface area (Å²) in [6.45, 7) is 4.48. The molecule has 0 heterocycles. The number of hydrogen-bond donors (Lipinski definition) is 2. The van der Waals surface area contributed by atoms with Gasteiger partial charge in [-0.2, -0.15) is 0 Å². The monoisotopic (exact) mass is 207 g/mol. The molecule has 0 aliphatic carbocycles. The molecule has 0 aromatic heterocycles. The van der Waals surface area contributed by atoms with Crippen LogP contribution in [0.25, 0.3) is 0 Å². The Labute approximate surface area is 90.1 Å². The molecule has 0 unspecified atom stereocenters. The van der Waals surface area contributed by atoms with E-state index in [1.54, 1.807) is 0 Å². The molecule has 15 heavy (non-hydrogen) atoms. The molecule has 0 spiro atoms. The van der Waals surface area contributed by atoms with Crippen molar-refractivity contribution in [3.63, 3.8) is 0 Å². The molecule has 0 bridgehead atoms. The molecule has 1 aromatic rings. The first kappa shape index (κ1) is 11.7. The Morgan fingerprint density at radius 2 is 1.93 bits per heavy atom. The summed E-state index contributed by atoms with van der Waals surface area (Å²) in [5.74, 6) is -0.777. The number of carboxylic acid groups (broad SMARTS) is 1. The smallest absolute Gasteiger partial charge is 0.305 e. The normalized spacial score (nSPS) is 11.3. The highest BCUT2D eigenvalue weighted by atomic mass is 16.4. The lowest BCUT2D eigenvalue weighted by Crippen LogP contribution is -2.40. The van der Waals surface area contributed by atoms with Crippen LogP contribution in [0.2, 0.25) is 0 Å². The van der Waals surface area contributed by atoms with Crippen LogP contribution in [0.1, 0.15) is 25.8 Å². The molecule has 3 nitrogen and oxygen atoms in total.